The molecule has 0 aromatic heterocycles. The van der Waals surface area contributed by atoms with Gasteiger partial charge in [-0.25, -0.2) is 4.39 Å². The van der Waals surface area contributed by atoms with E-state index in [1.165, 1.54) is 6.07 Å². The highest BCUT2D eigenvalue weighted by atomic mass is 19.1. The fourth-order valence-electron chi connectivity index (χ4n) is 1.70. The number of ether oxygens (including phenoxy) is 1. The standard InChI is InChI=1S/C15H16FNO/c16-14-9-8-12(5-4-10-17)11-15(14)18-13-6-2-1-3-7-13/h1-3,6-9,11H,4-5,10,17H2. The minimum absolute atomic E-state index is 0.260. The van der Waals surface area contributed by atoms with Crippen LogP contribution in [0.25, 0.3) is 0 Å². The number of para-hydroxylation sites is 1. The Bertz CT molecular complexity index is 499. The normalized spacial score (nSPS) is 10.3. The van der Waals surface area contributed by atoms with E-state index < -0.39 is 0 Å². The molecule has 0 amide bonds. The Morgan fingerprint density at radius 2 is 1.83 bits per heavy atom. The summed E-state index contributed by atoms with van der Waals surface area (Å²) in [5.41, 5.74) is 6.50. The molecule has 0 heterocycles. The molecule has 0 spiro atoms. The van der Waals surface area contributed by atoms with E-state index in [4.69, 9.17) is 10.5 Å². The van der Waals surface area contributed by atoms with E-state index in [-0.39, 0.29) is 11.6 Å². The van der Waals surface area contributed by atoms with Gasteiger partial charge in [-0.05, 0) is 49.2 Å². The molecule has 0 radical (unpaired) electrons. The first-order valence-electron chi connectivity index (χ1n) is 6.01. The number of hydrogen-bond acceptors (Lipinski definition) is 2. The molecule has 2 nitrogen and oxygen atoms in total. The molecule has 0 aliphatic rings. The molecule has 94 valence electrons. The molecule has 3 heteroatoms. The molecular formula is C15H16FNO. The fourth-order valence-corrected chi connectivity index (χ4v) is 1.70. The van der Waals surface area contributed by atoms with Crippen LogP contribution < -0.4 is 10.5 Å². The van der Waals surface area contributed by atoms with Crippen molar-refractivity contribution in [2.75, 3.05) is 6.54 Å². The van der Waals surface area contributed by atoms with Crippen LogP contribution in [0.15, 0.2) is 48.5 Å². The van der Waals surface area contributed by atoms with Crippen LogP contribution in [0.2, 0.25) is 0 Å². The maximum atomic E-state index is 13.6. The summed E-state index contributed by atoms with van der Waals surface area (Å²) in [7, 11) is 0. The van der Waals surface area contributed by atoms with Gasteiger partial charge < -0.3 is 10.5 Å². The Hall–Kier alpha value is -1.87. The number of halogens is 1. The molecule has 2 aromatic carbocycles. The van der Waals surface area contributed by atoms with Crippen LogP contribution >= 0.6 is 0 Å². The van der Waals surface area contributed by atoms with Gasteiger partial charge in [-0.1, -0.05) is 24.3 Å². The van der Waals surface area contributed by atoms with Crippen LogP contribution in [0.1, 0.15) is 12.0 Å². The van der Waals surface area contributed by atoms with E-state index in [9.17, 15) is 4.39 Å². The average Bonchev–Trinajstić information content (AvgIpc) is 2.41. The maximum absolute atomic E-state index is 13.6. The molecule has 2 N–H and O–H groups in total. The van der Waals surface area contributed by atoms with Gasteiger partial charge in [-0.2, -0.15) is 0 Å². The van der Waals surface area contributed by atoms with E-state index in [0.717, 1.165) is 18.4 Å². The van der Waals surface area contributed by atoms with Crippen molar-refractivity contribution in [1.82, 2.24) is 0 Å². The van der Waals surface area contributed by atoms with Gasteiger partial charge in [-0.15, -0.1) is 0 Å². The molecule has 2 aromatic rings. The van der Waals surface area contributed by atoms with Crippen molar-refractivity contribution in [3.63, 3.8) is 0 Å². The zero-order valence-corrected chi connectivity index (χ0v) is 10.1. The largest absolute Gasteiger partial charge is 0.454 e. The Kier molecular flexibility index (Phi) is 4.31. The molecule has 0 saturated heterocycles. The number of aryl methyl sites for hydroxylation is 1. The highest BCUT2D eigenvalue weighted by molar-refractivity contribution is 5.35. The van der Waals surface area contributed by atoms with E-state index in [1.807, 2.05) is 18.2 Å². The predicted octanol–water partition coefficient (Wildman–Crippen LogP) is 3.51. The second-order valence-electron chi connectivity index (χ2n) is 4.07. The quantitative estimate of drug-likeness (QED) is 0.874. The molecule has 2 rings (SSSR count). The summed E-state index contributed by atoms with van der Waals surface area (Å²) in [6.07, 6.45) is 1.72. The number of rotatable bonds is 5. The predicted molar refractivity (Wildman–Crippen MR) is 70.3 cm³/mol. The van der Waals surface area contributed by atoms with Crippen molar-refractivity contribution >= 4 is 0 Å². The smallest absolute Gasteiger partial charge is 0.165 e. The third-order valence-electron chi connectivity index (χ3n) is 2.64. The summed E-state index contributed by atoms with van der Waals surface area (Å²) in [5, 5.41) is 0. The van der Waals surface area contributed by atoms with E-state index in [0.29, 0.717) is 12.3 Å². The van der Waals surface area contributed by atoms with Gasteiger partial charge in [0.15, 0.2) is 11.6 Å². The van der Waals surface area contributed by atoms with Gasteiger partial charge in [0.2, 0.25) is 0 Å². The molecule has 0 saturated carbocycles. The monoisotopic (exact) mass is 245 g/mol. The van der Waals surface area contributed by atoms with Crippen molar-refractivity contribution in [2.24, 2.45) is 5.73 Å². The summed E-state index contributed by atoms with van der Waals surface area (Å²) in [5.74, 6) is 0.540. The Balaban J connectivity index is 2.16. The molecule has 0 aliphatic heterocycles. The second kappa shape index (κ2) is 6.17. The summed E-state index contributed by atoms with van der Waals surface area (Å²) in [6.45, 7) is 0.631. The lowest BCUT2D eigenvalue weighted by Gasteiger charge is -2.08. The van der Waals surface area contributed by atoms with Gasteiger partial charge in [0.05, 0.1) is 0 Å². The first-order chi connectivity index (χ1) is 8.79. The molecule has 0 atom stereocenters. The maximum Gasteiger partial charge on any atom is 0.165 e. The zero-order valence-electron chi connectivity index (χ0n) is 10.1. The van der Waals surface area contributed by atoms with Crippen LogP contribution in [-0.4, -0.2) is 6.54 Å². The first-order valence-corrected chi connectivity index (χ1v) is 6.01. The third-order valence-corrected chi connectivity index (χ3v) is 2.64. The lowest BCUT2D eigenvalue weighted by atomic mass is 10.1. The molecule has 0 unspecified atom stereocenters. The molecule has 18 heavy (non-hydrogen) atoms. The van der Waals surface area contributed by atoms with Crippen LogP contribution in [0.5, 0.6) is 11.5 Å². The van der Waals surface area contributed by atoms with Crippen molar-refractivity contribution in [2.45, 2.75) is 12.8 Å². The number of benzene rings is 2. The van der Waals surface area contributed by atoms with Crippen molar-refractivity contribution in [3.8, 4) is 11.5 Å². The molecule has 0 aliphatic carbocycles. The van der Waals surface area contributed by atoms with Crippen molar-refractivity contribution in [3.05, 3.63) is 59.9 Å². The lowest BCUT2D eigenvalue weighted by Crippen LogP contribution is -2.00. The Morgan fingerprint density at radius 3 is 2.56 bits per heavy atom. The summed E-state index contributed by atoms with van der Waals surface area (Å²) < 4.78 is 19.2. The van der Waals surface area contributed by atoms with E-state index in [1.54, 1.807) is 24.3 Å². The van der Waals surface area contributed by atoms with E-state index >= 15 is 0 Å². The van der Waals surface area contributed by atoms with Crippen molar-refractivity contribution < 1.29 is 9.13 Å². The molecule has 0 fully saturated rings. The van der Waals surface area contributed by atoms with Gasteiger partial charge >= 0.3 is 0 Å². The summed E-state index contributed by atoms with van der Waals surface area (Å²) in [4.78, 5) is 0. The minimum Gasteiger partial charge on any atom is -0.454 e. The van der Waals surface area contributed by atoms with Crippen LogP contribution in [-0.2, 0) is 6.42 Å². The summed E-state index contributed by atoms with van der Waals surface area (Å²) >= 11 is 0. The first kappa shape index (κ1) is 12.6. The van der Waals surface area contributed by atoms with Gasteiger partial charge in [0.1, 0.15) is 5.75 Å². The number of hydrogen-bond donors (Lipinski definition) is 1. The zero-order chi connectivity index (χ0) is 12.8. The van der Waals surface area contributed by atoms with Crippen LogP contribution in [0.4, 0.5) is 4.39 Å². The third kappa shape index (κ3) is 3.31. The van der Waals surface area contributed by atoms with Crippen LogP contribution in [0, 0.1) is 5.82 Å². The Labute approximate surface area is 106 Å². The molecular weight excluding hydrogens is 229 g/mol. The Morgan fingerprint density at radius 1 is 1.06 bits per heavy atom. The topological polar surface area (TPSA) is 35.2 Å². The highest BCUT2D eigenvalue weighted by Gasteiger charge is 2.06. The highest BCUT2D eigenvalue weighted by Crippen LogP contribution is 2.25. The SMILES string of the molecule is NCCCc1ccc(F)c(Oc2ccccc2)c1. The molecule has 0 bridgehead atoms. The van der Waals surface area contributed by atoms with Gasteiger partial charge in [-0.3, -0.25) is 0 Å². The lowest BCUT2D eigenvalue weighted by molar-refractivity contribution is 0.441. The van der Waals surface area contributed by atoms with Crippen molar-refractivity contribution in [1.29, 1.82) is 0 Å². The van der Waals surface area contributed by atoms with Crippen LogP contribution in [0.3, 0.4) is 0 Å². The van der Waals surface area contributed by atoms with Gasteiger partial charge in [0.25, 0.3) is 0 Å². The average molecular weight is 245 g/mol. The summed E-state index contributed by atoms with van der Waals surface area (Å²) in [6, 6.07) is 14.1. The second-order valence-corrected chi connectivity index (χ2v) is 4.07. The fraction of sp³-hybridized carbons (Fsp3) is 0.200. The van der Waals surface area contributed by atoms with Gasteiger partial charge in [0, 0.05) is 0 Å². The van der Waals surface area contributed by atoms with E-state index in [2.05, 4.69) is 0 Å². The minimum atomic E-state index is -0.352. The number of nitrogens with two attached hydrogens (primary N) is 1.